The van der Waals surface area contributed by atoms with Crippen molar-refractivity contribution in [2.75, 3.05) is 5.73 Å². The molecule has 0 bridgehead atoms. The standard InChI is InChI=1S/C12H14F3N/c1-3-4-8(2)10-6-5-9(16)7-11(10)12(13,14)15/h3-8H,16H2,1-2H3/b4-3+. The Kier molecular flexibility index (Phi) is 3.62. The van der Waals surface area contributed by atoms with Gasteiger partial charge >= 0.3 is 6.18 Å². The number of alkyl halides is 3. The summed E-state index contributed by atoms with van der Waals surface area (Å²) in [5.41, 5.74) is 5.10. The molecule has 0 aliphatic heterocycles. The van der Waals surface area contributed by atoms with Gasteiger partial charge in [-0.25, -0.2) is 0 Å². The molecule has 0 spiro atoms. The Hall–Kier alpha value is -1.45. The predicted molar refractivity (Wildman–Crippen MR) is 59.1 cm³/mol. The van der Waals surface area contributed by atoms with Crippen molar-refractivity contribution in [1.29, 1.82) is 0 Å². The van der Waals surface area contributed by atoms with Gasteiger partial charge in [-0.05, 0) is 30.5 Å². The predicted octanol–water partition coefficient (Wildman–Crippen LogP) is 3.97. The first-order chi connectivity index (χ1) is 7.36. The molecule has 0 saturated heterocycles. The van der Waals surface area contributed by atoms with Crippen LogP contribution in [0.3, 0.4) is 0 Å². The lowest BCUT2D eigenvalue weighted by atomic mass is 9.94. The van der Waals surface area contributed by atoms with Gasteiger partial charge in [-0.2, -0.15) is 13.2 Å². The van der Waals surface area contributed by atoms with Crippen molar-refractivity contribution in [2.45, 2.75) is 25.9 Å². The van der Waals surface area contributed by atoms with Gasteiger partial charge in [0.15, 0.2) is 0 Å². The van der Waals surface area contributed by atoms with Crippen LogP contribution in [0.25, 0.3) is 0 Å². The third-order valence-corrected chi connectivity index (χ3v) is 2.35. The summed E-state index contributed by atoms with van der Waals surface area (Å²) >= 11 is 0. The lowest BCUT2D eigenvalue weighted by Gasteiger charge is -2.16. The van der Waals surface area contributed by atoms with E-state index < -0.39 is 11.7 Å². The van der Waals surface area contributed by atoms with E-state index in [1.807, 2.05) is 0 Å². The molecule has 0 heterocycles. The summed E-state index contributed by atoms with van der Waals surface area (Å²) in [4.78, 5) is 0. The van der Waals surface area contributed by atoms with Crippen LogP contribution >= 0.6 is 0 Å². The van der Waals surface area contributed by atoms with Crippen molar-refractivity contribution in [2.24, 2.45) is 0 Å². The van der Waals surface area contributed by atoms with Crippen LogP contribution in [0.1, 0.15) is 30.9 Å². The third kappa shape index (κ3) is 2.78. The molecular formula is C12H14F3N. The Labute approximate surface area is 92.8 Å². The number of benzene rings is 1. The SMILES string of the molecule is C/C=C/C(C)c1ccc(N)cc1C(F)(F)F. The first-order valence-electron chi connectivity index (χ1n) is 4.95. The molecule has 0 aliphatic carbocycles. The topological polar surface area (TPSA) is 26.0 Å². The van der Waals surface area contributed by atoms with Crippen molar-refractivity contribution in [3.63, 3.8) is 0 Å². The molecule has 0 aromatic heterocycles. The highest BCUT2D eigenvalue weighted by Gasteiger charge is 2.34. The summed E-state index contributed by atoms with van der Waals surface area (Å²) in [7, 11) is 0. The van der Waals surface area contributed by atoms with Gasteiger partial charge in [0.25, 0.3) is 0 Å². The second-order valence-electron chi connectivity index (χ2n) is 3.66. The highest BCUT2D eigenvalue weighted by Crippen LogP contribution is 2.36. The number of allylic oxidation sites excluding steroid dienone is 2. The minimum atomic E-state index is -4.36. The largest absolute Gasteiger partial charge is 0.416 e. The molecule has 2 N–H and O–H groups in total. The Bertz CT molecular complexity index is 394. The summed E-state index contributed by atoms with van der Waals surface area (Å²) < 4.78 is 38.2. The van der Waals surface area contributed by atoms with Gasteiger partial charge in [0.05, 0.1) is 5.56 Å². The minimum absolute atomic E-state index is 0.128. The molecule has 1 unspecified atom stereocenters. The average molecular weight is 229 g/mol. The van der Waals surface area contributed by atoms with E-state index in [4.69, 9.17) is 5.73 Å². The van der Waals surface area contributed by atoms with Gasteiger partial charge in [-0.15, -0.1) is 0 Å². The van der Waals surface area contributed by atoms with Gasteiger partial charge in [0.1, 0.15) is 0 Å². The molecular weight excluding hydrogens is 215 g/mol. The number of nitrogen functional groups attached to an aromatic ring is 1. The molecule has 0 fully saturated rings. The van der Waals surface area contributed by atoms with Crippen LogP contribution in [-0.4, -0.2) is 0 Å². The van der Waals surface area contributed by atoms with Crippen molar-refractivity contribution in [3.05, 3.63) is 41.5 Å². The van der Waals surface area contributed by atoms with Crippen LogP contribution in [0.15, 0.2) is 30.4 Å². The summed E-state index contributed by atoms with van der Waals surface area (Å²) in [6, 6.07) is 3.91. The van der Waals surface area contributed by atoms with Crippen LogP contribution in [0.5, 0.6) is 0 Å². The first kappa shape index (κ1) is 12.6. The highest BCUT2D eigenvalue weighted by molar-refractivity contribution is 5.47. The monoisotopic (exact) mass is 229 g/mol. The van der Waals surface area contributed by atoms with E-state index in [0.717, 1.165) is 6.07 Å². The third-order valence-electron chi connectivity index (χ3n) is 2.35. The smallest absolute Gasteiger partial charge is 0.399 e. The number of nitrogens with two attached hydrogens (primary N) is 1. The number of hydrogen-bond donors (Lipinski definition) is 1. The van der Waals surface area contributed by atoms with Crippen molar-refractivity contribution in [3.8, 4) is 0 Å². The summed E-state index contributed by atoms with van der Waals surface area (Å²) in [6.07, 6.45) is -0.900. The Morgan fingerprint density at radius 3 is 2.44 bits per heavy atom. The van der Waals surface area contributed by atoms with E-state index in [0.29, 0.717) is 0 Å². The summed E-state index contributed by atoms with van der Waals surface area (Å²) in [5.74, 6) is -0.276. The second-order valence-corrected chi connectivity index (χ2v) is 3.66. The van der Waals surface area contributed by atoms with Crippen LogP contribution in [-0.2, 0) is 6.18 Å². The number of halogens is 3. The van der Waals surface area contributed by atoms with E-state index in [1.54, 1.807) is 26.0 Å². The van der Waals surface area contributed by atoms with Gasteiger partial charge in [0.2, 0.25) is 0 Å². The van der Waals surface area contributed by atoms with Crippen LogP contribution in [0.4, 0.5) is 18.9 Å². The van der Waals surface area contributed by atoms with Gasteiger partial charge in [-0.1, -0.05) is 25.1 Å². The van der Waals surface area contributed by atoms with Crippen molar-refractivity contribution < 1.29 is 13.2 Å². The highest BCUT2D eigenvalue weighted by atomic mass is 19.4. The normalized spacial score (nSPS) is 14.3. The zero-order chi connectivity index (χ0) is 12.3. The maximum atomic E-state index is 12.7. The fourth-order valence-electron chi connectivity index (χ4n) is 1.61. The minimum Gasteiger partial charge on any atom is -0.399 e. The molecule has 1 rings (SSSR count). The number of hydrogen-bond acceptors (Lipinski definition) is 1. The Morgan fingerprint density at radius 1 is 1.31 bits per heavy atom. The van der Waals surface area contributed by atoms with Crippen molar-refractivity contribution >= 4 is 5.69 Å². The van der Waals surface area contributed by atoms with Gasteiger partial charge < -0.3 is 5.73 Å². The Balaban J connectivity index is 3.28. The zero-order valence-electron chi connectivity index (χ0n) is 9.18. The van der Waals surface area contributed by atoms with E-state index in [2.05, 4.69) is 0 Å². The molecule has 1 aromatic carbocycles. The molecule has 0 aliphatic rings. The van der Waals surface area contributed by atoms with E-state index in [-0.39, 0.29) is 17.2 Å². The maximum Gasteiger partial charge on any atom is 0.416 e. The molecule has 1 atom stereocenters. The van der Waals surface area contributed by atoms with E-state index in [9.17, 15) is 13.2 Å². The molecule has 0 radical (unpaired) electrons. The fourth-order valence-corrected chi connectivity index (χ4v) is 1.61. The number of rotatable bonds is 2. The number of anilines is 1. The van der Waals surface area contributed by atoms with Crippen molar-refractivity contribution in [1.82, 2.24) is 0 Å². The lowest BCUT2D eigenvalue weighted by molar-refractivity contribution is -0.138. The van der Waals surface area contributed by atoms with Gasteiger partial charge in [0, 0.05) is 5.69 Å². The lowest BCUT2D eigenvalue weighted by Crippen LogP contribution is -2.11. The zero-order valence-corrected chi connectivity index (χ0v) is 9.18. The molecule has 16 heavy (non-hydrogen) atoms. The van der Waals surface area contributed by atoms with Crippen LogP contribution < -0.4 is 5.73 Å². The first-order valence-corrected chi connectivity index (χ1v) is 4.95. The molecule has 1 nitrogen and oxygen atoms in total. The summed E-state index contributed by atoms with van der Waals surface area (Å²) in [6.45, 7) is 3.50. The molecule has 0 amide bonds. The van der Waals surface area contributed by atoms with Crippen LogP contribution in [0.2, 0.25) is 0 Å². The van der Waals surface area contributed by atoms with E-state index in [1.165, 1.54) is 12.1 Å². The fraction of sp³-hybridized carbons (Fsp3) is 0.333. The second kappa shape index (κ2) is 4.60. The average Bonchev–Trinajstić information content (AvgIpc) is 2.16. The van der Waals surface area contributed by atoms with Crippen LogP contribution in [0, 0.1) is 0 Å². The molecule has 88 valence electrons. The maximum absolute atomic E-state index is 12.7. The molecule has 0 saturated carbocycles. The molecule has 4 heteroatoms. The van der Waals surface area contributed by atoms with Gasteiger partial charge in [-0.3, -0.25) is 0 Å². The summed E-state index contributed by atoms with van der Waals surface area (Å²) in [5, 5.41) is 0. The Morgan fingerprint density at radius 2 is 1.94 bits per heavy atom. The quantitative estimate of drug-likeness (QED) is 0.602. The molecule has 1 aromatic rings. The van der Waals surface area contributed by atoms with E-state index >= 15 is 0 Å².